The molecule has 1 heterocycles. The standard InChI is InChI=1S/C19H28N6O3/c1-2-20-19(21-13-15-4-3-5-17(12-15)25(27)28)24-10-8-23(9-11-24)14-18(26)22-16-6-7-16/h3-5,12,16H,2,6-11,13-14H2,1H3,(H,20,21)(H,22,26). The third kappa shape index (κ3) is 5.91. The van der Waals surface area contributed by atoms with Crippen molar-refractivity contribution in [2.24, 2.45) is 4.99 Å². The molecule has 0 aromatic heterocycles. The number of carbonyl (C=O) groups is 1. The van der Waals surface area contributed by atoms with E-state index < -0.39 is 4.92 Å². The van der Waals surface area contributed by atoms with Gasteiger partial charge in [-0.15, -0.1) is 0 Å². The van der Waals surface area contributed by atoms with Gasteiger partial charge in [0.1, 0.15) is 0 Å². The average molecular weight is 388 g/mol. The van der Waals surface area contributed by atoms with Crippen LogP contribution in [0.2, 0.25) is 0 Å². The first-order valence-corrected chi connectivity index (χ1v) is 9.83. The summed E-state index contributed by atoms with van der Waals surface area (Å²) in [7, 11) is 0. The Kier molecular flexibility index (Phi) is 6.80. The maximum Gasteiger partial charge on any atom is 0.269 e. The fraction of sp³-hybridized carbons (Fsp3) is 0.579. The van der Waals surface area contributed by atoms with Crippen molar-refractivity contribution in [3.8, 4) is 0 Å². The second-order valence-electron chi connectivity index (χ2n) is 7.20. The van der Waals surface area contributed by atoms with Crippen LogP contribution >= 0.6 is 0 Å². The second-order valence-corrected chi connectivity index (χ2v) is 7.20. The van der Waals surface area contributed by atoms with Gasteiger partial charge < -0.3 is 15.5 Å². The summed E-state index contributed by atoms with van der Waals surface area (Å²) in [5.41, 5.74) is 0.885. The van der Waals surface area contributed by atoms with Crippen molar-refractivity contribution in [2.75, 3.05) is 39.3 Å². The summed E-state index contributed by atoms with van der Waals surface area (Å²) in [6.07, 6.45) is 2.21. The topological polar surface area (TPSA) is 103 Å². The van der Waals surface area contributed by atoms with Gasteiger partial charge in [0.25, 0.3) is 5.69 Å². The van der Waals surface area contributed by atoms with Crippen molar-refractivity contribution in [1.29, 1.82) is 0 Å². The van der Waals surface area contributed by atoms with Crippen LogP contribution in [0.3, 0.4) is 0 Å². The van der Waals surface area contributed by atoms with Crippen LogP contribution in [-0.2, 0) is 11.3 Å². The number of piperazine rings is 1. The van der Waals surface area contributed by atoms with Gasteiger partial charge in [0.15, 0.2) is 5.96 Å². The zero-order valence-corrected chi connectivity index (χ0v) is 16.3. The summed E-state index contributed by atoms with van der Waals surface area (Å²) in [5, 5.41) is 17.2. The number of non-ortho nitro benzene ring substituents is 1. The number of nitrogens with one attached hydrogen (secondary N) is 2. The van der Waals surface area contributed by atoms with Crippen molar-refractivity contribution in [1.82, 2.24) is 20.4 Å². The molecule has 0 bridgehead atoms. The van der Waals surface area contributed by atoms with E-state index in [2.05, 4.69) is 25.4 Å². The summed E-state index contributed by atoms with van der Waals surface area (Å²) in [6.45, 7) is 6.78. The van der Waals surface area contributed by atoms with Crippen molar-refractivity contribution >= 4 is 17.6 Å². The summed E-state index contributed by atoms with van der Waals surface area (Å²) < 4.78 is 0. The predicted molar refractivity (Wildman–Crippen MR) is 107 cm³/mol. The highest BCUT2D eigenvalue weighted by molar-refractivity contribution is 5.80. The van der Waals surface area contributed by atoms with Gasteiger partial charge in [-0.3, -0.25) is 19.8 Å². The van der Waals surface area contributed by atoms with Gasteiger partial charge in [0.2, 0.25) is 5.91 Å². The van der Waals surface area contributed by atoms with Gasteiger partial charge in [-0.25, -0.2) is 4.99 Å². The van der Waals surface area contributed by atoms with Crippen molar-refractivity contribution in [3.05, 3.63) is 39.9 Å². The molecule has 2 aliphatic rings. The molecule has 1 aliphatic carbocycles. The average Bonchev–Trinajstić information content (AvgIpc) is 3.50. The first-order chi connectivity index (χ1) is 13.5. The number of hydrogen-bond acceptors (Lipinski definition) is 5. The lowest BCUT2D eigenvalue weighted by molar-refractivity contribution is -0.384. The number of amides is 1. The number of aliphatic imine (C=N–C) groups is 1. The van der Waals surface area contributed by atoms with Crippen LogP contribution in [-0.4, -0.2) is 71.9 Å². The van der Waals surface area contributed by atoms with E-state index in [1.165, 1.54) is 6.07 Å². The van der Waals surface area contributed by atoms with Crippen LogP contribution in [0, 0.1) is 10.1 Å². The fourth-order valence-corrected chi connectivity index (χ4v) is 3.18. The summed E-state index contributed by atoms with van der Waals surface area (Å²) >= 11 is 0. The van der Waals surface area contributed by atoms with Crippen molar-refractivity contribution in [2.45, 2.75) is 32.4 Å². The van der Waals surface area contributed by atoms with E-state index in [1.807, 2.05) is 13.0 Å². The molecule has 0 unspecified atom stereocenters. The maximum absolute atomic E-state index is 12.0. The van der Waals surface area contributed by atoms with E-state index in [0.29, 0.717) is 19.1 Å². The molecule has 1 aliphatic heterocycles. The Hall–Kier alpha value is -2.68. The Labute approximate surface area is 164 Å². The van der Waals surface area contributed by atoms with Crippen LogP contribution in [0.15, 0.2) is 29.3 Å². The highest BCUT2D eigenvalue weighted by Gasteiger charge is 2.25. The first kappa shape index (κ1) is 20.1. The van der Waals surface area contributed by atoms with Crippen molar-refractivity contribution < 1.29 is 9.72 Å². The van der Waals surface area contributed by atoms with Crippen molar-refractivity contribution in [3.63, 3.8) is 0 Å². The molecule has 1 aromatic rings. The maximum atomic E-state index is 12.0. The van der Waals surface area contributed by atoms with Gasteiger partial charge in [0, 0.05) is 50.9 Å². The van der Waals surface area contributed by atoms with Gasteiger partial charge in [-0.1, -0.05) is 12.1 Å². The third-order valence-electron chi connectivity index (χ3n) is 4.85. The minimum Gasteiger partial charge on any atom is -0.357 e. The van der Waals surface area contributed by atoms with Crippen LogP contribution in [0.1, 0.15) is 25.3 Å². The van der Waals surface area contributed by atoms with E-state index in [0.717, 1.165) is 57.1 Å². The molecule has 9 heteroatoms. The van der Waals surface area contributed by atoms with Gasteiger partial charge in [-0.2, -0.15) is 0 Å². The molecular weight excluding hydrogens is 360 g/mol. The summed E-state index contributed by atoms with van der Waals surface area (Å²) in [5.74, 6) is 0.915. The number of guanidine groups is 1. The summed E-state index contributed by atoms with van der Waals surface area (Å²) in [6, 6.07) is 6.97. The van der Waals surface area contributed by atoms with Crippen LogP contribution in [0.25, 0.3) is 0 Å². The lowest BCUT2D eigenvalue weighted by Gasteiger charge is -2.36. The number of benzene rings is 1. The number of nitrogens with zero attached hydrogens (tertiary/aromatic N) is 4. The molecule has 9 nitrogen and oxygen atoms in total. The number of nitro benzene ring substituents is 1. The minimum absolute atomic E-state index is 0.0794. The van der Waals surface area contributed by atoms with E-state index >= 15 is 0 Å². The molecule has 0 atom stereocenters. The van der Waals surface area contributed by atoms with Crippen LogP contribution < -0.4 is 10.6 Å². The molecule has 28 heavy (non-hydrogen) atoms. The molecule has 1 aromatic carbocycles. The number of nitro groups is 1. The molecule has 0 radical (unpaired) electrons. The quantitative estimate of drug-likeness (QED) is 0.312. The Morgan fingerprint density at radius 1 is 1.29 bits per heavy atom. The third-order valence-corrected chi connectivity index (χ3v) is 4.85. The number of carbonyl (C=O) groups excluding carboxylic acids is 1. The molecule has 1 amide bonds. The molecule has 1 saturated heterocycles. The van der Waals surface area contributed by atoms with Gasteiger partial charge >= 0.3 is 0 Å². The normalized spacial score (nSPS) is 18.0. The van der Waals surface area contributed by atoms with Gasteiger partial charge in [-0.05, 0) is 25.3 Å². The van der Waals surface area contributed by atoms with E-state index in [1.54, 1.807) is 12.1 Å². The zero-order valence-electron chi connectivity index (χ0n) is 16.3. The smallest absolute Gasteiger partial charge is 0.269 e. The molecular formula is C19H28N6O3. The summed E-state index contributed by atoms with van der Waals surface area (Å²) in [4.78, 5) is 31.5. The molecule has 152 valence electrons. The van der Waals surface area contributed by atoms with E-state index in [9.17, 15) is 14.9 Å². The highest BCUT2D eigenvalue weighted by Crippen LogP contribution is 2.18. The molecule has 2 N–H and O–H groups in total. The predicted octanol–water partition coefficient (Wildman–Crippen LogP) is 0.957. The van der Waals surface area contributed by atoms with E-state index in [4.69, 9.17) is 0 Å². The second kappa shape index (κ2) is 9.50. The number of rotatable bonds is 7. The SMILES string of the molecule is CCNC(=NCc1cccc([N+](=O)[O-])c1)N1CCN(CC(=O)NC2CC2)CC1. The van der Waals surface area contributed by atoms with Crippen LogP contribution in [0.5, 0.6) is 0 Å². The minimum atomic E-state index is -0.392. The Morgan fingerprint density at radius 3 is 2.68 bits per heavy atom. The first-order valence-electron chi connectivity index (χ1n) is 9.83. The molecule has 2 fully saturated rings. The monoisotopic (exact) mass is 388 g/mol. The van der Waals surface area contributed by atoms with E-state index in [-0.39, 0.29) is 11.6 Å². The number of hydrogen-bond donors (Lipinski definition) is 2. The Balaban J connectivity index is 1.53. The molecule has 1 saturated carbocycles. The fourth-order valence-electron chi connectivity index (χ4n) is 3.18. The largest absolute Gasteiger partial charge is 0.357 e. The van der Waals surface area contributed by atoms with Crippen LogP contribution in [0.4, 0.5) is 5.69 Å². The lowest BCUT2D eigenvalue weighted by atomic mass is 10.2. The lowest BCUT2D eigenvalue weighted by Crippen LogP contribution is -2.54. The highest BCUT2D eigenvalue weighted by atomic mass is 16.6. The Morgan fingerprint density at radius 2 is 2.04 bits per heavy atom. The molecule has 3 rings (SSSR count). The van der Waals surface area contributed by atoms with Gasteiger partial charge in [0.05, 0.1) is 18.0 Å². The zero-order chi connectivity index (χ0) is 19.9. The Bertz CT molecular complexity index is 726. The molecule has 0 spiro atoms.